The van der Waals surface area contributed by atoms with E-state index in [4.69, 9.17) is 15.2 Å². The lowest BCUT2D eigenvalue weighted by molar-refractivity contribution is 0.181. The number of hydrogen-bond donors (Lipinski definition) is 1. The molecule has 1 rings (SSSR count). The fourth-order valence-corrected chi connectivity index (χ4v) is 1.07. The first-order valence-corrected chi connectivity index (χ1v) is 3.69. The summed E-state index contributed by atoms with van der Waals surface area (Å²) < 4.78 is 10.1. The number of ether oxygens (including phenoxy) is 2. The molecule has 0 aliphatic rings. The second kappa shape index (κ2) is 3.97. The summed E-state index contributed by atoms with van der Waals surface area (Å²) in [7, 11) is 3.27. The van der Waals surface area contributed by atoms with Crippen LogP contribution >= 0.6 is 0 Å². The molecule has 3 heteroatoms. The van der Waals surface area contributed by atoms with Gasteiger partial charge in [0.25, 0.3) is 0 Å². The molecule has 0 fully saturated rings. The normalized spacial score (nSPS) is 9.83. The predicted octanol–water partition coefficient (Wildman–Crippen LogP) is 1.42. The summed E-state index contributed by atoms with van der Waals surface area (Å²) >= 11 is 0. The van der Waals surface area contributed by atoms with E-state index in [0.29, 0.717) is 6.61 Å². The Morgan fingerprint density at radius 3 is 2.67 bits per heavy atom. The van der Waals surface area contributed by atoms with Crippen molar-refractivity contribution in [1.29, 1.82) is 0 Å². The number of rotatable bonds is 3. The molecule has 0 spiro atoms. The molecule has 0 radical (unpaired) electrons. The molecule has 0 atom stereocenters. The van der Waals surface area contributed by atoms with Crippen LogP contribution in [0, 0.1) is 0 Å². The van der Waals surface area contributed by atoms with Crippen molar-refractivity contribution < 1.29 is 9.47 Å². The molecule has 1 aromatic rings. The number of nitrogens with two attached hydrogens (primary N) is 1. The van der Waals surface area contributed by atoms with Crippen LogP contribution in [0.5, 0.6) is 5.75 Å². The van der Waals surface area contributed by atoms with Crippen LogP contribution in [0.1, 0.15) is 5.56 Å². The van der Waals surface area contributed by atoms with Gasteiger partial charge in [-0.1, -0.05) is 0 Å². The Morgan fingerprint density at radius 2 is 2.08 bits per heavy atom. The summed E-state index contributed by atoms with van der Waals surface area (Å²) in [4.78, 5) is 0. The highest BCUT2D eigenvalue weighted by atomic mass is 16.5. The van der Waals surface area contributed by atoms with Gasteiger partial charge < -0.3 is 15.2 Å². The third-order valence-electron chi connectivity index (χ3n) is 1.60. The minimum Gasteiger partial charge on any atom is -0.496 e. The maximum absolute atomic E-state index is 5.60. The van der Waals surface area contributed by atoms with E-state index in [-0.39, 0.29) is 0 Å². The van der Waals surface area contributed by atoms with Crippen molar-refractivity contribution in [2.45, 2.75) is 6.61 Å². The maximum Gasteiger partial charge on any atom is 0.124 e. The fraction of sp³-hybridized carbons (Fsp3) is 0.333. The average molecular weight is 167 g/mol. The van der Waals surface area contributed by atoms with Crippen molar-refractivity contribution >= 4 is 5.69 Å². The Kier molecular flexibility index (Phi) is 2.94. The van der Waals surface area contributed by atoms with Gasteiger partial charge in [0.05, 0.1) is 13.7 Å². The molecule has 2 N–H and O–H groups in total. The predicted molar refractivity (Wildman–Crippen MR) is 48.1 cm³/mol. The van der Waals surface area contributed by atoms with Crippen molar-refractivity contribution in [1.82, 2.24) is 0 Å². The van der Waals surface area contributed by atoms with E-state index < -0.39 is 0 Å². The zero-order chi connectivity index (χ0) is 8.97. The van der Waals surface area contributed by atoms with E-state index >= 15 is 0 Å². The van der Waals surface area contributed by atoms with Gasteiger partial charge in [0, 0.05) is 18.4 Å². The van der Waals surface area contributed by atoms with E-state index in [1.54, 1.807) is 20.3 Å². The first-order chi connectivity index (χ1) is 5.77. The molecule has 0 aliphatic carbocycles. The number of anilines is 1. The highest BCUT2D eigenvalue weighted by molar-refractivity contribution is 5.47. The number of benzene rings is 1. The molecule has 0 aliphatic heterocycles. The van der Waals surface area contributed by atoms with Gasteiger partial charge in [-0.05, 0) is 18.2 Å². The Morgan fingerprint density at radius 1 is 1.33 bits per heavy atom. The van der Waals surface area contributed by atoms with Crippen LogP contribution in [0.25, 0.3) is 0 Å². The summed E-state index contributed by atoms with van der Waals surface area (Å²) in [5.41, 5.74) is 7.30. The van der Waals surface area contributed by atoms with Crippen molar-refractivity contribution in [2.24, 2.45) is 0 Å². The largest absolute Gasteiger partial charge is 0.496 e. The molecule has 66 valence electrons. The van der Waals surface area contributed by atoms with Crippen LogP contribution in [-0.4, -0.2) is 14.2 Å². The van der Waals surface area contributed by atoms with E-state index in [9.17, 15) is 0 Å². The lowest BCUT2D eigenvalue weighted by Crippen LogP contribution is -1.95. The average Bonchev–Trinajstić information content (AvgIpc) is 2.05. The van der Waals surface area contributed by atoms with Crippen LogP contribution in [-0.2, 0) is 11.3 Å². The SMILES string of the molecule is COCc1cc(N)ccc1OC. The van der Waals surface area contributed by atoms with Crippen molar-refractivity contribution in [3.05, 3.63) is 23.8 Å². The smallest absolute Gasteiger partial charge is 0.124 e. The highest BCUT2D eigenvalue weighted by Gasteiger charge is 2.01. The molecule has 0 amide bonds. The number of methoxy groups -OCH3 is 2. The van der Waals surface area contributed by atoms with Gasteiger partial charge in [0.15, 0.2) is 0 Å². The van der Waals surface area contributed by atoms with Crippen molar-refractivity contribution in [3.63, 3.8) is 0 Å². The lowest BCUT2D eigenvalue weighted by atomic mass is 10.2. The van der Waals surface area contributed by atoms with Gasteiger partial charge in [-0.15, -0.1) is 0 Å². The molecular weight excluding hydrogens is 154 g/mol. The summed E-state index contributed by atoms with van der Waals surface area (Å²) in [6, 6.07) is 5.49. The van der Waals surface area contributed by atoms with Gasteiger partial charge >= 0.3 is 0 Å². The summed E-state index contributed by atoms with van der Waals surface area (Å²) in [5, 5.41) is 0. The lowest BCUT2D eigenvalue weighted by Gasteiger charge is -2.07. The van der Waals surface area contributed by atoms with Crippen molar-refractivity contribution in [3.8, 4) is 5.75 Å². The number of nitrogen functional groups attached to an aromatic ring is 1. The topological polar surface area (TPSA) is 44.5 Å². The molecular formula is C9H13NO2. The zero-order valence-corrected chi connectivity index (χ0v) is 7.33. The molecule has 0 saturated heterocycles. The third-order valence-corrected chi connectivity index (χ3v) is 1.60. The van der Waals surface area contributed by atoms with Gasteiger partial charge in [-0.2, -0.15) is 0 Å². The quantitative estimate of drug-likeness (QED) is 0.692. The van der Waals surface area contributed by atoms with E-state index in [1.807, 2.05) is 12.1 Å². The third kappa shape index (κ3) is 1.89. The van der Waals surface area contributed by atoms with Gasteiger partial charge in [-0.25, -0.2) is 0 Å². The van der Waals surface area contributed by atoms with Gasteiger partial charge in [-0.3, -0.25) is 0 Å². The van der Waals surface area contributed by atoms with E-state index in [2.05, 4.69) is 0 Å². The first-order valence-electron chi connectivity index (χ1n) is 3.69. The summed E-state index contributed by atoms with van der Waals surface area (Å²) in [6.07, 6.45) is 0. The molecule has 3 nitrogen and oxygen atoms in total. The Hall–Kier alpha value is -1.22. The monoisotopic (exact) mass is 167 g/mol. The number of hydrogen-bond acceptors (Lipinski definition) is 3. The molecule has 0 aromatic heterocycles. The van der Waals surface area contributed by atoms with Crippen LogP contribution in [0.4, 0.5) is 5.69 Å². The van der Waals surface area contributed by atoms with Crippen molar-refractivity contribution in [2.75, 3.05) is 20.0 Å². The van der Waals surface area contributed by atoms with Gasteiger partial charge in [0.2, 0.25) is 0 Å². The fourth-order valence-electron chi connectivity index (χ4n) is 1.07. The Balaban J connectivity index is 2.95. The molecule has 0 heterocycles. The standard InChI is InChI=1S/C9H13NO2/c1-11-6-7-5-8(10)3-4-9(7)12-2/h3-5H,6,10H2,1-2H3. The summed E-state index contributed by atoms with van der Waals surface area (Å²) in [6.45, 7) is 0.522. The maximum atomic E-state index is 5.60. The van der Waals surface area contributed by atoms with E-state index in [0.717, 1.165) is 17.0 Å². The molecule has 0 unspecified atom stereocenters. The molecule has 0 saturated carbocycles. The minimum atomic E-state index is 0.522. The summed E-state index contributed by atoms with van der Waals surface area (Å²) in [5.74, 6) is 0.811. The van der Waals surface area contributed by atoms with Gasteiger partial charge in [0.1, 0.15) is 5.75 Å². The second-order valence-corrected chi connectivity index (χ2v) is 2.50. The minimum absolute atomic E-state index is 0.522. The molecule has 12 heavy (non-hydrogen) atoms. The molecule has 1 aromatic carbocycles. The second-order valence-electron chi connectivity index (χ2n) is 2.50. The first kappa shape index (κ1) is 8.87. The molecule has 0 bridgehead atoms. The zero-order valence-electron chi connectivity index (χ0n) is 7.33. The van der Waals surface area contributed by atoms with Crippen LogP contribution in [0.15, 0.2) is 18.2 Å². The van der Waals surface area contributed by atoms with Crippen LogP contribution in [0.3, 0.4) is 0 Å². The van der Waals surface area contributed by atoms with Crippen LogP contribution in [0.2, 0.25) is 0 Å². The highest BCUT2D eigenvalue weighted by Crippen LogP contribution is 2.21. The van der Waals surface area contributed by atoms with Crippen LogP contribution < -0.4 is 10.5 Å². The van der Waals surface area contributed by atoms with E-state index in [1.165, 1.54) is 0 Å². The Labute approximate surface area is 72.1 Å². The Bertz CT molecular complexity index is 261.